The van der Waals surface area contributed by atoms with Crippen molar-refractivity contribution in [3.8, 4) is 5.75 Å². The van der Waals surface area contributed by atoms with Crippen LogP contribution in [-0.4, -0.2) is 30.1 Å². The van der Waals surface area contributed by atoms with E-state index in [2.05, 4.69) is 29.3 Å². The van der Waals surface area contributed by atoms with Crippen LogP contribution in [0.5, 0.6) is 5.75 Å². The number of ether oxygens (including phenoxy) is 1. The fourth-order valence-corrected chi connectivity index (χ4v) is 3.57. The highest BCUT2D eigenvalue weighted by Crippen LogP contribution is 2.32. The molecule has 0 aromatic heterocycles. The van der Waals surface area contributed by atoms with E-state index in [0.29, 0.717) is 18.0 Å². The molecule has 172 valence electrons. The molecule has 33 heavy (non-hydrogen) atoms. The van der Waals surface area contributed by atoms with Gasteiger partial charge in [-0.1, -0.05) is 67.1 Å². The first-order chi connectivity index (χ1) is 15.9. The lowest BCUT2D eigenvalue weighted by atomic mass is 10.1. The van der Waals surface area contributed by atoms with Gasteiger partial charge < -0.3 is 20.1 Å². The van der Waals surface area contributed by atoms with Gasteiger partial charge in [0, 0.05) is 19.2 Å². The number of hydrogen-bond acceptors (Lipinski definition) is 4. The van der Waals surface area contributed by atoms with Gasteiger partial charge in [-0.2, -0.15) is 0 Å². The van der Waals surface area contributed by atoms with Crippen molar-refractivity contribution in [2.75, 3.05) is 23.4 Å². The number of amides is 1. The fraction of sp³-hybridized carbons (Fsp3) is 0.259. The van der Waals surface area contributed by atoms with Gasteiger partial charge >= 0.3 is 5.97 Å². The fourth-order valence-electron chi connectivity index (χ4n) is 3.57. The Morgan fingerprint density at radius 1 is 0.970 bits per heavy atom. The highest BCUT2D eigenvalue weighted by atomic mass is 16.5. The van der Waals surface area contributed by atoms with Gasteiger partial charge in [0.15, 0.2) is 6.61 Å². The van der Waals surface area contributed by atoms with Crippen LogP contribution in [0, 0.1) is 6.92 Å². The SMILES string of the molecule is CCCN(Cc1ccccc1)c1ccc(OCC(=O)O)cc1NC(=O)Cc1ccc(C)cc1. The molecule has 0 heterocycles. The zero-order valence-corrected chi connectivity index (χ0v) is 19.1. The van der Waals surface area contributed by atoms with Crippen LogP contribution in [-0.2, 0) is 22.6 Å². The lowest BCUT2D eigenvalue weighted by molar-refractivity contribution is -0.139. The minimum absolute atomic E-state index is 0.147. The molecule has 0 saturated heterocycles. The van der Waals surface area contributed by atoms with Crippen molar-refractivity contribution in [2.45, 2.75) is 33.2 Å². The second-order valence-corrected chi connectivity index (χ2v) is 7.98. The topological polar surface area (TPSA) is 78.9 Å². The number of aliphatic carboxylic acids is 1. The van der Waals surface area contributed by atoms with Gasteiger partial charge in [-0.05, 0) is 36.6 Å². The zero-order valence-electron chi connectivity index (χ0n) is 19.1. The third-order valence-electron chi connectivity index (χ3n) is 5.14. The molecule has 0 bridgehead atoms. The molecule has 0 unspecified atom stereocenters. The van der Waals surface area contributed by atoms with Crippen molar-refractivity contribution >= 4 is 23.3 Å². The first kappa shape index (κ1) is 23.9. The first-order valence-electron chi connectivity index (χ1n) is 11.1. The molecule has 0 aliphatic heterocycles. The molecule has 3 aromatic rings. The van der Waals surface area contributed by atoms with E-state index in [-0.39, 0.29) is 12.3 Å². The summed E-state index contributed by atoms with van der Waals surface area (Å²) in [5.41, 5.74) is 4.68. The maximum atomic E-state index is 12.9. The Balaban J connectivity index is 1.87. The normalized spacial score (nSPS) is 10.5. The number of nitrogens with zero attached hydrogens (tertiary/aromatic N) is 1. The molecule has 3 rings (SSSR count). The van der Waals surface area contributed by atoms with Crippen LogP contribution in [0.4, 0.5) is 11.4 Å². The smallest absolute Gasteiger partial charge is 0.341 e. The van der Waals surface area contributed by atoms with Gasteiger partial charge in [0.2, 0.25) is 5.91 Å². The van der Waals surface area contributed by atoms with Gasteiger partial charge in [0.1, 0.15) is 5.75 Å². The second-order valence-electron chi connectivity index (χ2n) is 7.98. The Hall–Kier alpha value is -3.80. The molecule has 2 N–H and O–H groups in total. The van der Waals surface area contributed by atoms with Gasteiger partial charge in [-0.25, -0.2) is 4.79 Å². The largest absolute Gasteiger partial charge is 0.482 e. The number of carbonyl (C=O) groups is 2. The lowest BCUT2D eigenvalue weighted by Gasteiger charge is -2.27. The molecule has 0 atom stereocenters. The van der Waals surface area contributed by atoms with E-state index < -0.39 is 12.6 Å². The number of carbonyl (C=O) groups excluding carboxylic acids is 1. The summed E-state index contributed by atoms with van der Waals surface area (Å²) in [5, 5.41) is 12.0. The van der Waals surface area contributed by atoms with Gasteiger partial charge in [0.25, 0.3) is 0 Å². The summed E-state index contributed by atoms with van der Waals surface area (Å²) in [7, 11) is 0. The molecule has 6 heteroatoms. The van der Waals surface area contributed by atoms with Crippen LogP contribution >= 0.6 is 0 Å². The number of rotatable bonds is 11. The molecule has 3 aromatic carbocycles. The Kier molecular flexibility index (Phi) is 8.47. The number of benzene rings is 3. The minimum Gasteiger partial charge on any atom is -0.482 e. The second kappa shape index (κ2) is 11.7. The van der Waals surface area contributed by atoms with E-state index in [1.165, 1.54) is 0 Å². The van der Waals surface area contributed by atoms with Crippen molar-refractivity contribution in [1.82, 2.24) is 0 Å². The quantitative estimate of drug-likeness (QED) is 0.431. The van der Waals surface area contributed by atoms with Gasteiger partial charge in [-0.3, -0.25) is 4.79 Å². The lowest BCUT2D eigenvalue weighted by Crippen LogP contribution is -2.26. The minimum atomic E-state index is -1.05. The summed E-state index contributed by atoms with van der Waals surface area (Å²) in [6.07, 6.45) is 1.17. The summed E-state index contributed by atoms with van der Waals surface area (Å²) < 4.78 is 5.36. The van der Waals surface area contributed by atoms with Crippen molar-refractivity contribution in [1.29, 1.82) is 0 Å². The summed E-state index contributed by atoms with van der Waals surface area (Å²) in [4.78, 5) is 26.0. The number of carboxylic acid groups (broad SMARTS) is 1. The molecule has 1 amide bonds. The standard InChI is InChI=1S/C27H30N2O4/c1-3-15-29(18-22-7-5-4-6-8-22)25-14-13-23(33-19-27(31)32)17-24(25)28-26(30)16-21-11-9-20(2)10-12-21/h4-14,17H,3,15-16,18-19H2,1-2H3,(H,28,30)(H,31,32). The molecule has 0 fully saturated rings. The molecule has 0 saturated carbocycles. The Morgan fingerprint density at radius 2 is 1.70 bits per heavy atom. The Bertz CT molecular complexity index is 1070. The highest BCUT2D eigenvalue weighted by molar-refractivity contribution is 5.96. The summed E-state index contributed by atoms with van der Waals surface area (Å²) in [5.74, 6) is -0.810. The third kappa shape index (κ3) is 7.38. The van der Waals surface area contributed by atoms with Crippen LogP contribution in [0.15, 0.2) is 72.8 Å². The summed E-state index contributed by atoms with van der Waals surface area (Å²) in [6.45, 7) is 5.15. The summed E-state index contributed by atoms with van der Waals surface area (Å²) >= 11 is 0. The monoisotopic (exact) mass is 446 g/mol. The average molecular weight is 447 g/mol. The third-order valence-corrected chi connectivity index (χ3v) is 5.14. The summed E-state index contributed by atoms with van der Waals surface area (Å²) in [6, 6.07) is 23.3. The molecule has 6 nitrogen and oxygen atoms in total. The van der Waals surface area contributed by atoms with E-state index in [1.54, 1.807) is 12.1 Å². The molecule has 0 radical (unpaired) electrons. The van der Waals surface area contributed by atoms with E-state index in [9.17, 15) is 9.59 Å². The Labute approximate surface area is 194 Å². The number of carboxylic acids is 1. The van der Waals surface area contributed by atoms with E-state index in [0.717, 1.165) is 35.3 Å². The van der Waals surface area contributed by atoms with Crippen LogP contribution in [0.1, 0.15) is 30.0 Å². The molecular formula is C27H30N2O4. The van der Waals surface area contributed by atoms with E-state index >= 15 is 0 Å². The van der Waals surface area contributed by atoms with Crippen molar-refractivity contribution < 1.29 is 19.4 Å². The van der Waals surface area contributed by atoms with E-state index in [1.807, 2.05) is 55.5 Å². The zero-order chi connectivity index (χ0) is 23.6. The molecule has 0 aliphatic carbocycles. The van der Waals surface area contributed by atoms with Crippen molar-refractivity contribution in [3.63, 3.8) is 0 Å². The molecule has 0 spiro atoms. The highest BCUT2D eigenvalue weighted by Gasteiger charge is 2.16. The average Bonchev–Trinajstić information content (AvgIpc) is 2.80. The number of nitrogens with one attached hydrogen (secondary N) is 1. The van der Waals surface area contributed by atoms with Gasteiger partial charge in [0.05, 0.1) is 17.8 Å². The first-order valence-corrected chi connectivity index (χ1v) is 11.1. The maximum Gasteiger partial charge on any atom is 0.341 e. The van der Waals surface area contributed by atoms with Crippen LogP contribution < -0.4 is 15.0 Å². The van der Waals surface area contributed by atoms with Crippen LogP contribution in [0.25, 0.3) is 0 Å². The van der Waals surface area contributed by atoms with Crippen LogP contribution in [0.2, 0.25) is 0 Å². The molecule has 0 aliphatic rings. The predicted molar refractivity (Wildman–Crippen MR) is 131 cm³/mol. The van der Waals surface area contributed by atoms with Gasteiger partial charge in [-0.15, -0.1) is 0 Å². The van der Waals surface area contributed by atoms with E-state index in [4.69, 9.17) is 9.84 Å². The van der Waals surface area contributed by atoms with Crippen molar-refractivity contribution in [2.24, 2.45) is 0 Å². The van der Waals surface area contributed by atoms with Crippen LogP contribution in [0.3, 0.4) is 0 Å². The Morgan fingerprint density at radius 3 is 2.36 bits per heavy atom. The number of anilines is 2. The number of hydrogen-bond donors (Lipinski definition) is 2. The van der Waals surface area contributed by atoms with Crippen molar-refractivity contribution in [3.05, 3.63) is 89.5 Å². The predicted octanol–water partition coefficient (Wildman–Crippen LogP) is 5.06. The maximum absolute atomic E-state index is 12.9. The number of aryl methyl sites for hydroxylation is 1. The molecular weight excluding hydrogens is 416 g/mol.